The van der Waals surface area contributed by atoms with Gasteiger partial charge in [-0.3, -0.25) is 4.18 Å². The summed E-state index contributed by atoms with van der Waals surface area (Å²) in [6.07, 6.45) is 4.03. The Hall–Kier alpha value is -2.29. The molecule has 0 saturated heterocycles. The number of nitrogens with one attached hydrogen (secondary N) is 1. The predicted octanol–water partition coefficient (Wildman–Crippen LogP) is 1.15. The van der Waals surface area contributed by atoms with Gasteiger partial charge in [0.25, 0.3) is 0 Å². The second-order valence-electron chi connectivity index (χ2n) is 4.43. The lowest BCUT2D eigenvalue weighted by Gasteiger charge is -1.98. The number of hydrogen-bond acceptors (Lipinski definition) is 5. The summed E-state index contributed by atoms with van der Waals surface area (Å²) in [4.78, 5) is 7.86. The van der Waals surface area contributed by atoms with E-state index in [4.69, 9.17) is 0 Å². The zero-order valence-electron chi connectivity index (χ0n) is 12.1. The van der Waals surface area contributed by atoms with Crippen LogP contribution in [-0.4, -0.2) is 30.0 Å². The molecule has 7 nitrogen and oxygen atoms in total. The number of para-hydroxylation sites is 2. The molecular formula is C14H15N3O4S. The third kappa shape index (κ3) is 4.35. The van der Waals surface area contributed by atoms with E-state index in [1.54, 1.807) is 0 Å². The summed E-state index contributed by atoms with van der Waals surface area (Å²) in [7, 11) is -1.60. The Bertz CT molecular complexity index is 824. The van der Waals surface area contributed by atoms with Crippen molar-refractivity contribution in [3.05, 3.63) is 48.8 Å². The quantitative estimate of drug-likeness (QED) is 0.433. The lowest BCUT2D eigenvalue weighted by molar-refractivity contribution is -0.671. The smallest absolute Gasteiger partial charge is 0.217 e. The van der Waals surface area contributed by atoms with Crippen LogP contribution in [0.4, 0.5) is 0 Å². The van der Waals surface area contributed by atoms with Gasteiger partial charge in [0, 0.05) is 17.7 Å². The zero-order valence-corrected chi connectivity index (χ0v) is 12.9. The van der Waals surface area contributed by atoms with Crippen molar-refractivity contribution < 1.29 is 21.7 Å². The fourth-order valence-corrected chi connectivity index (χ4v) is 1.75. The molecule has 2 aromatic heterocycles. The Kier molecular flexibility index (Phi) is 4.86. The molecule has 0 bridgehead atoms. The highest BCUT2D eigenvalue weighted by atomic mass is 32.3. The van der Waals surface area contributed by atoms with Gasteiger partial charge in [-0.05, 0) is 12.1 Å². The second kappa shape index (κ2) is 6.65. The van der Waals surface area contributed by atoms with E-state index < -0.39 is 10.4 Å². The molecule has 0 aliphatic carbocycles. The molecule has 0 fully saturated rings. The predicted molar refractivity (Wildman–Crippen MR) is 79.4 cm³/mol. The van der Waals surface area contributed by atoms with Gasteiger partial charge in [-0.15, -0.1) is 0 Å². The average Bonchev–Trinajstić information content (AvgIpc) is 2.92. The van der Waals surface area contributed by atoms with Crippen LogP contribution in [-0.2, 0) is 21.6 Å². The van der Waals surface area contributed by atoms with Crippen LogP contribution in [0.2, 0.25) is 0 Å². The van der Waals surface area contributed by atoms with E-state index in [0.717, 1.165) is 29.5 Å². The summed E-state index contributed by atoms with van der Waals surface area (Å²) in [6, 6.07) is 12.2. The summed E-state index contributed by atoms with van der Waals surface area (Å²) in [5.74, 6) is 0.918. The Labute approximate surface area is 128 Å². The standard InChI is InChI=1S/C13H11N3.CH4O4S/c1-16-8-6-10(7-9-16)13-14-11-4-2-3-5-12(11)15-13;1-5-6(2,3)4/h2-9H,1H3;1H3,(H,2,3,4). The molecular weight excluding hydrogens is 306 g/mol. The van der Waals surface area contributed by atoms with Gasteiger partial charge in [-0.2, -0.15) is 0 Å². The van der Waals surface area contributed by atoms with Crippen molar-refractivity contribution in [1.82, 2.24) is 9.97 Å². The molecule has 1 aromatic carbocycles. The first-order valence-electron chi connectivity index (χ1n) is 6.31. The molecule has 0 unspecified atom stereocenters. The van der Waals surface area contributed by atoms with Crippen molar-refractivity contribution in [2.75, 3.05) is 7.11 Å². The van der Waals surface area contributed by atoms with E-state index in [-0.39, 0.29) is 0 Å². The third-order valence-electron chi connectivity index (χ3n) is 2.85. The lowest BCUT2D eigenvalue weighted by atomic mass is 10.2. The van der Waals surface area contributed by atoms with Crippen LogP contribution in [0.3, 0.4) is 0 Å². The van der Waals surface area contributed by atoms with E-state index in [0.29, 0.717) is 0 Å². The maximum Gasteiger partial charge on any atom is 0.217 e. The highest BCUT2D eigenvalue weighted by Gasteiger charge is 2.05. The van der Waals surface area contributed by atoms with Crippen LogP contribution in [0.25, 0.3) is 22.4 Å². The van der Waals surface area contributed by atoms with Crippen molar-refractivity contribution >= 4 is 21.4 Å². The summed E-state index contributed by atoms with van der Waals surface area (Å²) in [6.45, 7) is 0. The van der Waals surface area contributed by atoms with Crippen LogP contribution in [0.1, 0.15) is 0 Å². The van der Waals surface area contributed by atoms with Crippen LogP contribution in [0, 0.1) is 0 Å². The molecule has 22 heavy (non-hydrogen) atoms. The Balaban J connectivity index is 0.000000254. The first-order valence-corrected chi connectivity index (χ1v) is 7.64. The topological polar surface area (TPSA) is 99.0 Å². The molecule has 0 aliphatic rings. The van der Waals surface area contributed by atoms with Gasteiger partial charge in [-0.25, -0.2) is 18.0 Å². The molecule has 0 saturated carbocycles. The van der Waals surface area contributed by atoms with Crippen molar-refractivity contribution in [3.63, 3.8) is 0 Å². The number of pyridine rings is 1. The molecule has 2 heterocycles. The molecule has 0 atom stereocenters. The van der Waals surface area contributed by atoms with Gasteiger partial charge >= 0.3 is 0 Å². The van der Waals surface area contributed by atoms with E-state index in [9.17, 15) is 13.0 Å². The van der Waals surface area contributed by atoms with Gasteiger partial charge < -0.3 is 9.54 Å². The SMILES string of the molecule is COS(=O)(=O)[O-].C[n+]1ccc(-c2nc3ccccc3[nH]2)cc1. The number of fused-ring (bicyclic) bond motifs is 1. The van der Waals surface area contributed by atoms with Gasteiger partial charge in [0.05, 0.1) is 18.1 Å². The number of benzene rings is 1. The summed E-state index contributed by atoms with van der Waals surface area (Å²) >= 11 is 0. The monoisotopic (exact) mass is 321 g/mol. The van der Waals surface area contributed by atoms with Crippen molar-refractivity contribution in [2.24, 2.45) is 7.05 Å². The molecule has 116 valence electrons. The number of rotatable bonds is 2. The van der Waals surface area contributed by atoms with Crippen LogP contribution in [0.15, 0.2) is 48.8 Å². The molecule has 3 aromatic rings. The number of aryl methyl sites for hydroxylation is 1. The van der Waals surface area contributed by atoms with E-state index in [1.807, 2.05) is 48.3 Å². The Morgan fingerprint density at radius 3 is 2.32 bits per heavy atom. The highest BCUT2D eigenvalue weighted by Crippen LogP contribution is 2.18. The summed E-state index contributed by atoms with van der Waals surface area (Å²) < 4.78 is 33.0. The Morgan fingerprint density at radius 1 is 1.18 bits per heavy atom. The largest absolute Gasteiger partial charge is 0.726 e. The minimum atomic E-state index is -4.41. The molecule has 0 amide bonds. The average molecular weight is 321 g/mol. The maximum atomic E-state index is 9.22. The number of nitrogens with zero attached hydrogens (tertiary/aromatic N) is 2. The highest BCUT2D eigenvalue weighted by molar-refractivity contribution is 7.80. The molecule has 8 heteroatoms. The molecule has 0 radical (unpaired) electrons. The van der Waals surface area contributed by atoms with Crippen LogP contribution >= 0.6 is 0 Å². The molecule has 0 spiro atoms. The van der Waals surface area contributed by atoms with Crippen molar-refractivity contribution in [1.29, 1.82) is 0 Å². The van der Waals surface area contributed by atoms with Gasteiger partial charge in [-0.1, -0.05) is 12.1 Å². The van der Waals surface area contributed by atoms with Crippen LogP contribution in [0.5, 0.6) is 0 Å². The van der Waals surface area contributed by atoms with Crippen molar-refractivity contribution in [2.45, 2.75) is 0 Å². The van der Waals surface area contributed by atoms with Gasteiger partial charge in [0.15, 0.2) is 12.4 Å². The summed E-state index contributed by atoms with van der Waals surface area (Å²) in [5, 5.41) is 0. The zero-order chi connectivity index (χ0) is 16.2. The van der Waals surface area contributed by atoms with Crippen LogP contribution < -0.4 is 4.57 Å². The van der Waals surface area contributed by atoms with Gasteiger partial charge in [0.2, 0.25) is 10.4 Å². The Morgan fingerprint density at radius 2 is 1.77 bits per heavy atom. The van der Waals surface area contributed by atoms with Crippen molar-refractivity contribution in [3.8, 4) is 11.4 Å². The van der Waals surface area contributed by atoms with Gasteiger partial charge in [0.1, 0.15) is 12.9 Å². The third-order valence-corrected chi connectivity index (χ3v) is 3.25. The summed E-state index contributed by atoms with van der Waals surface area (Å²) in [5.41, 5.74) is 3.19. The van der Waals surface area contributed by atoms with E-state index in [2.05, 4.69) is 26.3 Å². The second-order valence-corrected chi connectivity index (χ2v) is 5.58. The maximum absolute atomic E-state index is 9.22. The number of imidazole rings is 1. The molecule has 1 N–H and O–H groups in total. The van der Waals surface area contributed by atoms with E-state index >= 15 is 0 Å². The number of H-pyrrole nitrogens is 1. The number of aromatic amines is 1. The molecule has 0 aliphatic heterocycles. The first-order chi connectivity index (χ1) is 10.4. The lowest BCUT2D eigenvalue weighted by Crippen LogP contribution is -2.25. The first kappa shape index (κ1) is 16.1. The number of hydrogen-bond donors (Lipinski definition) is 1. The fraction of sp³-hybridized carbons (Fsp3) is 0.143. The molecule has 3 rings (SSSR count). The minimum Gasteiger partial charge on any atom is -0.726 e. The van der Waals surface area contributed by atoms with E-state index in [1.165, 1.54) is 0 Å². The normalized spacial score (nSPS) is 11.0. The number of aromatic nitrogens is 3. The fourth-order valence-electron chi connectivity index (χ4n) is 1.75. The minimum absolute atomic E-state index is 0.808.